The Morgan fingerprint density at radius 3 is 2.35 bits per heavy atom. The summed E-state index contributed by atoms with van der Waals surface area (Å²) in [5.74, 6) is 1.50. The fourth-order valence-electron chi connectivity index (χ4n) is 1.59. The van der Waals surface area contributed by atoms with Crippen molar-refractivity contribution in [1.82, 2.24) is 0 Å². The van der Waals surface area contributed by atoms with E-state index in [-0.39, 0.29) is 12.1 Å². The van der Waals surface area contributed by atoms with Gasteiger partial charge in [0.15, 0.2) is 11.5 Å². The summed E-state index contributed by atoms with van der Waals surface area (Å²) in [5, 5.41) is 0. The van der Waals surface area contributed by atoms with E-state index >= 15 is 0 Å². The maximum absolute atomic E-state index is 5.82. The van der Waals surface area contributed by atoms with Gasteiger partial charge in [-0.3, -0.25) is 0 Å². The zero-order valence-electron chi connectivity index (χ0n) is 10.8. The highest BCUT2D eigenvalue weighted by Crippen LogP contribution is 2.34. The maximum atomic E-state index is 5.82. The Kier molecular flexibility index (Phi) is 5.28. The van der Waals surface area contributed by atoms with E-state index in [9.17, 15) is 0 Å². The molecule has 0 bridgehead atoms. The largest absolute Gasteiger partial charge is 0.493 e. The summed E-state index contributed by atoms with van der Waals surface area (Å²) in [4.78, 5) is 0. The predicted molar refractivity (Wildman–Crippen MR) is 73.8 cm³/mol. The zero-order chi connectivity index (χ0) is 13.0. The molecule has 0 fully saturated rings. The van der Waals surface area contributed by atoms with Crippen LogP contribution in [0.2, 0.25) is 0 Å². The van der Waals surface area contributed by atoms with Crippen LogP contribution in [0.15, 0.2) is 16.6 Å². The lowest BCUT2D eigenvalue weighted by atomic mass is 10.1. The highest BCUT2D eigenvalue weighted by Gasteiger charge is 2.12. The number of hydrogen-bond donors (Lipinski definition) is 1. The molecule has 0 spiro atoms. The Hall–Kier alpha value is -0.740. The van der Waals surface area contributed by atoms with Gasteiger partial charge in [-0.1, -0.05) is 15.9 Å². The van der Waals surface area contributed by atoms with Crippen LogP contribution >= 0.6 is 15.9 Å². The standard InChI is InChI=1S/C13H20BrNO2/c1-8(2)17-13-6-10(5-9(3)15)11(14)7-12(13)16-4/h6-9H,5,15H2,1-4H3. The number of nitrogens with two attached hydrogens (primary N) is 1. The maximum Gasteiger partial charge on any atom is 0.161 e. The molecule has 0 aliphatic carbocycles. The van der Waals surface area contributed by atoms with Crippen LogP contribution in [0.5, 0.6) is 11.5 Å². The van der Waals surface area contributed by atoms with E-state index in [1.54, 1.807) is 7.11 Å². The van der Waals surface area contributed by atoms with E-state index in [1.807, 2.05) is 32.9 Å². The summed E-state index contributed by atoms with van der Waals surface area (Å²) in [6, 6.07) is 4.04. The van der Waals surface area contributed by atoms with Crippen LogP contribution < -0.4 is 15.2 Å². The minimum Gasteiger partial charge on any atom is -0.493 e. The monoisotopic (exact) mass is 301 g/mol. The first-order valence-electron chi connectivity index (χ1n) is 5.72. The van der Waals surface area contributed by atoms with Gasteiger partial charge in [-0.2, -0.15) is 0 Å². The smallest absolute Gasteiger partial charge is 0.161 e. The second-order valence-corrected chi connectivity index (χ2v) is 5.30. The molecule has 0 radical (unpaired) electrons. The molecule has 0 heterocycles. The molecule has 0 saturated heterocycles. The summed E-state index contributed by atoms with van der Waals surface area (Å²) in [6.07, 6.45) is 0.923. The van der Waals surface area contributed by atoms with Crippen LogP contribution in [0.1, 0.15) is 26.3 Å². The minimum atomic E-state index is 0.117. The Morgan fingerprint density at radius 2 is 1.88 bits per heavy atom. The third kappa shape index (κ3) is 4.21. The second-order valence-electron chi connectivity index (χ2n) is 4.44. The van der Waals surface area contributed by atoms with Crippen molar-refractivity contribution >= 4 is 15.9 Å². The number of hydrogen-bond acceptors (Lipinski definition) is 3. The van der Waals surface area contributed by atoms with Gasteiger partial charge < -0.3 is 15.2 Å². The van der Waals surface area contributed by atoms with Crippen molar-refractivity contribution in [3.63, 3.8) is 0 Å². The van der Waals surface area contributed by atoms with E-state index in [1.165, 1.54) is 0 Å². The van der Waals surface area contributed by atoms with E-state index in [0.29, 0.717) is 0 Å². The number of ether oxygens (including phenoxy) is 2. The first kappa shape index (κ1) is 14.3. The number of benzene rings is 1. The van der Waals surface area contributed by atoms with E-state index < -0.39 is 0 Å². The molecular weight excluding hydrogens is 282 g/mol. The van der Waals surface area contributed by atoms with Crippen molar-refractivity contribution < 1.29 is 9.47 Å². The molecule has 4 heteroatoms. The molecule has 3 nitrogen and oxygen atoms in total. The molecular formula is C13H20BrNO2. The Balaban J connectivity index is 3.08. The Bertz CT molecular complexity index is 378. The van der Waals surface area contributed by atoms with Crippen LogP contribution in [0.25, 0.3) is 0 Å². The molecule has 0 aliphatic heterocycles. The van der Waals surface area contributed by atoms with Crippen LogP contribution in [-0.4, -0.2) is 19.3 Å². The molecule has 1 rings (SSSR count). The van der Waals surface area contributed by atoms with Crippen LogP contribution in [0.3, 0.4) is 0 Å². The second kappa shape index (κ2) is 6.26. The molecule has 1 aromatic carbocycles. The molecule has 96 valence electrons. The van der Waals surface area contributed by atoms with Crippen LogP contribution in [-0.2, 0) is 6.42 Å². The average molecular weight is 302 g/mol. The lowest BCUT2D eigenvalue weighted by Gasteiger charge is -2.16. The number of halogens is 1. The lowest BCUT2D eigenvalue weighted by Crippen LogP contribution is -2.18. The van der Waals surface area contributed by atoms with Crippen molar-refractivity contribution in [2.45, 2.75) is 39.3 Å². The molecule has 0 aliphatic rings. The highest BCUT2D eigenvalue weighted by molar-refractivity contribution is 9.10. The molecule has 17 heavy (non-hydrogen) atoms. The molecule has 1 atom stereocenters. The lowest BCUT2D eigenvalue weighted by molar-refractivity contribution is 0.230. The highest BCUT2D eigenvalue weighted by atomic mass is 79.9. The number of rotatable bonds is 5. The zero-order valence-corrected chi connectivity index (χ0v) is 12.4. The van der Waals surface area contributed by atoms with Gasteiger partial charge in [-0.25, -0.2) is 0 Å². The summed E-state index contributed by atoms with van der Waals surface area (Å²) in [5.41, 5.74) is 6.96. The van der Waals surface area contributed by atoms with Crippen LogP contribution in [0.4, 0.5) is 0 Å². The van der Waals surface area contributed by atoms with Gasteiger partial charge in [0.25, 0.3) is 0 Å². The van der Waals surface area contributed by atoms with E-state index in [0.717, 1.165) is 28.0 Å². The van der Waals surface area contributed by atoms with Crippen molar-refractivity contribution in [2.75, 3.05) is 7.11 Å². The third-order valence-electron chi connectivity index (χ3n) is 2.24. The van der Waals surface area contributed by atoms with Crippen molar-refractivity contribution in [3.8, 4) is 11.5 Å². The molecule has 0 aromatic heterocycles. The molecule has 1 aromatic rings. The predicted octanol–water partition coefficient (Wildman–Crippen LogP) is 3.13. The van der Waals surface area contributed by atoms with Gasteiger partial charge in [-0.15, -0.1) is 0 Å². The Labute approximate surface area is 111 Å². The van der Waals surface area contributed by atoms with Crippen LogP contribution in [0, 0.1) is 0 Å². The van der Waals surface area contributed by atoms with Gasteiger partial charge in [0.1, 0.15) is 0 Å². The minimum absolute atomic E-state index is 0.117. The van der Waals surface area contributed by atoms with Gasteiger partial charge in [-0.05, 0) is 44.9 Å². The van der Waals surface area contributed by atoms with E-state index in [4.69, 9.17) is 15.2 Å². The SMILES string of the molecule is COc1cc(Br)c(CC(C)N)cc1OC(C)C. The molecule has 0 saturated carbocycles. The summed E-state index contributed by atoms with van der Waals surface area (Å²) < 4.78 is 12.0. The summed E-state index contributed by atoms with van der Waals surface area (Å²) >= 11 is 3.53. The topological polar surface area (TPSA) is 44.5 Å². The summed E-state index contributed by atoms with van der Waals surface area (Å²) in [6.45, 7) is 5.97. The van der Waals surface area contributed by atoms with Gasteiger partial charge >= 0.3 is 0 Å². The first-order valence-corrected chi connectivity index (χ1v) is 6.52. The van der Waals surface area contributed by atoms with E-state index in [2.05, 4.69) is 15.9 Å². The fraction of sp³-hybridized carbons (Fsp3) is 0.538. The van der Waals surface area contributed by atoms with Crippen molar-refractivity contribution in [3.05, 3.63) is 22.2 Å². The van der Waals surface area contributed by atoms with Gasteiger partial charge in [0.05, 0.1) is 13.2 Å². The van der Waals surface area contributed by atoms with Crippen molar-refractivity contribution in [1.29, 1.82) is 0 Å². The summed E-state index contributed by atoms with van der Waals surface area (Å²) in [7, 11) is 1.64. The normalized spacial score (nSPS) is 12.6. The third-order valence-corrected chi connectivity index (χ3v) is 2.98. The van der Waals surface area contributed by atoms with Gasteiger partial charge in [0, 0.05) is 10.5 Å². The van der Waals surface area contributed by atoms with Gasteiger partial charge in [0.2, 0.25) is 0 Å². The first-order chi connectivity index (χ1) is 7.93. The Morgan fingerprint density at radius 1 is 1.24 bits per heavy atom. The molecule has 1 unspecified atom stereocenters. The van der Waals surface area contributed by atoms with Crippen molar-refractivity contribution in [2.24, 2.45) is 5.73 Å². The quantitative estimate of drug-likeness (QED) is 0.909. The fourth-order valence-corrected chi connectivity index (χ4v) is 2.07. The average Bonchev–Trinajstić information content (AvgIpc) is 2.21. The molecule has 2 N–H and O–H groups in total. The molecule has 0 amide bonds. The number of methoxy groups -OCH3 is 1.